The average molecular weight is 430 g/mol. The van der Waals surface area contributed by atoms with E-state index in [0.29, 0.717) is 13.0 Å². The van der Waals surface area contributed by atoms with Crippen molar-refractivity contribution in [2.24, 2.45) is 5.73 Å². The predicted octanol–water partition coefficient (Wildman–Crippen LogP) is 2.52. The molecule has 0 spiro atoms. The molecule has 0 saturated carbocycles. The molecule has 0 bridgehead atoms. The summed E-state index contributed by atoms with van der Waals surface area (Å²) in [5.74, 6) is 0. The minimum atomic E-state index is -3.66. The second-order valence-corrected chi connectivity index (χ2v) is 8.13. The van der Waals surface area contributed by atoms with Gasteiger partial charge in [0, 0.05) is 19.8 Å². The Bertz CT molecular complexity index is 397. The zero-order valence-electron chi connectivity index (χ0n) is 18.0. The van der Waals surface area contributed by atoms with Crippen LogP contribution in [0.1, 0.15) is 77.6 Å². The van der Waals surface area contributed by atoms with Crippen LogP contribution in [0, 0.1) is 0 Å². The van der Waals surface area contributed by atoms with Crippen LogP contribution in [0.5, 0.6) is 0 Å². The molecule has 0 heterocycles. The largest absolute Gasteiger partial charge is 0.399 e. The molecule has 0 aliphatic rings. The number of hydrogen-bond donors (Lipinski definition) is 3. The van der Waals surface area contributed by atoms with Crippen LogP contribution in [0.15, 0.2) is 0 Å². The molecule has 28 heavy (non-hydrogen) atoms. The normalized spacial score (nSPS) is 13.6. The predicted molar refractivity (Wildman–Crippen MR) is 111 cm³/mol. The maximum absolute atomic E-state index is 9.92. The molecule has 9 heteroatoms. The molecule has 0 saturated heterocycles. The van der Waals surface area contributed by atoms with E-state index in [2.05, 4.69) is 15.3 Å². The number of hydrogen-bond acceptors (Lipinski definition) is 8. The van der Waals surface area contributed by atoms with Gasteiger partial charge in [-0.25, -0.2) is 0 Å². The van der Waals surface area contributed by atoms with Crippen molar-refractivity contribution in [3.63, 3.8) is 0 Å². The first kappa shape index (κ1) is 29.9. The summed E-state index contributed by atoms with van der Waals surface area (Å²) in [4.78, 5) is 0. The molecule has 4 N–H and O–H groups in total. The molecular weight excluding hydrogens is 386 g/mol. The molecule has 2 atom stereocenters. The fourth-order valence-electron chi connectivity index (χ4n) is 2.56. The standard InChI is InChI=1S/C17H37NO3.C2H6O4S/c1-2-3-4-5-6-7-8-9-10-11-14-21-17(12-13-19)16(20)15-18;1-5-7(3,4)6-2/h16-17,19-20H,2-15,18H2,1H3;1-2H3. The van der Waals surface area contributed by atoms with Crippen molar-refractivity contribution in [1.29, 1.82) is 0 Å². The summed E-state index contributed by atoms with van der Waals surface area (Å²) < 4.78 is 33.1. The Hall–Kier alpha value is -0.290. The van der Waals surface area contributed by atoms with Gasteiger partial charge < -0.3 is 20.7 Å². The van der Waals surface area contributed by atoms with Gasteiger partial charge in [-0.1, -0.05) is 64.7 Å². The first-order chi connectivity index (χ1) is 13.4. The summed E-state index contributed by atoms with van der Waals surface area (Å²) in [5.41, 5.74) is 5.42. The second-order valence-electron chi connectivity index (χ2n) is 6.65. The van der Waals surface area contributed by atoms with E-state index < -0.39 is 16.5 Å². The molecular formula is C19H43NO7S. The lowest BCUT2D eigenvalue weighted by Crippen LogP contribution is -2.36. The van der Waals surface area contributed by atoms with E-state index >= 15 is 0 Å². The minimum Gasteiger partial charge on any atom is -0.396 e. The highest BCUT2D eigenvalue weighted by Gasteiger charge is 2.17. The third-order valence-electron chi connectivity index (χ3n) is 4.32. The van der Waals surface area contributed by atoms with Gasteiger partial charge >= 0.3 is 10.4 Å². The van der Waals surface area contributed by atoms with Crippen molar-refractivity contribution in [2.75, 3.05) is 34.0 Å². The van der Waals surface area contributed by atoms with E-state index in [4.69, 9.17) is 15.6 Å². The van der Waals surface area contributed by atoms with Crippen molar-refractivity contribution in [3.05, 3.63) is 0 Å². The summed E-state index contributed by atoms with van der Waals surface area (Å²) >= 11 is 0. The monoisotopic (exact) mass is 429 g/mol. The topological polar surface area (TPSA) is 128 Å². The van der Waals surface area contributed by atoms with Crippen LogP contribution >= 0.6 is 0 Å². The maximum atomic E-state index is 9.92. The van der Waals surface area contributed by atoms with Gasteiger partial charge in [0.2, 0.25) is 0 Å². The third-order valence-corrected chi connectivity index (χ3v) is 5.14. The number of unbranched alkanes of at least 4 members (excludes halogenated alkanes) is 9. The average Bonchev–Trinajstić information content (AvgIpc) is 2.71. The molecule has 172 valence electrons. The Balaban J connectivity index is 0. The fourth-order valence-corrected chi connectivity index (χ4v) is 2.69. The quantitative estimate of drug-likeness (QED) is 0.284. The highest BCUT2D eigenvalue weighted by molar-refractivity contribution is 7.81. The number of nitrogens with two attached hydrogens (primary N) is 1. The number of rotatable bonds is 18. The fraction of sp³-hybridized carbons (Fsp3) is 1.00. The molecule has 0 aromatic heterocycles. The van der Waals surface area contributed by atoms with Crippen molar-refractivity contribution in [3.8, 4) is 0 Å². The second kappa shape index (κ2) is 21.4. The molecule has 0 aliphatic carbocycles. The van der Waals surface area contributed by atoms with E-state index in [1.807, 2.05) is 0 Å². The Morgan fingerprint density at radius 1 is 0.893 bits per heavy atom. The number of aliphatic hydroxyl groups excluding tert-OH is 2. The zero-order valence-corrected chi connectivity index (χ0v) is 18.8. The first-order valence-corrected chi connectivity index (χ1v) is 11.7. The summed E-state index contributed by atoms with van der Waals surface area (Å²) in [6, 6.07) is 0. The van der Waals surface area contributed by atoms with Gasteiger partial charge in [0.25, 0.3) is 0 Å². The first-order valence-electron chi connectivity index (χ1n) is 10.3. The summed E-state index contributed by atoms with van der Waals surface area (Å²) in [6.45, 7) is 3.11. The van der Waals surface area contributed by atoms with Gasteiger partial charge in [-0.3, -0.25) is 8.37 Å². The van der Waals surface area contributed by atoms with E-state index in [9.17, 15) is 13.5 Å². The van der Waals surface area contributed by atoms with Gasteiger partial charge in [0.05, 0.1) is 26.4 Å². The van der Waals surface area contributed by atoms with Crippen molar-refractivity contribution < 1.29 is 31.7 Å². The van der Waals surface area contributed by atoms with Crippen LogP contribution in [0.4, 0.5) is 0 Å². The van der Waals surface area contributed by atoms with E-state index in [-0.39, 0.29) is 19.3 Å². The molecule has 0 aromatic carbocycles. The molecule has 2 unspecified atom stereocenters. The van der Waals surface area contributed by atoms with Gasteiger partial charge in [0.15, 0.2) is 0 Å². The Morgan fingerprint density at radius 3 is 1.71 bits per heavy atom. The van der Waals surface area contributed by atoms with Crippen LogP contribution < -0.4 is 5.73 Å². The summed E-state index contributed by atoms with van der Waals surface area (Å²) in [7, 11) is -1.60. The van der Waals surface area contributed by atoms with E-state index in [0.717, 1.165) is 20.6 Å². The Kier molecular flexibility index (Phi) is 22.9. The SMILES string of the molecule is CCCCCCCCCCCCOC(CCO)C(O)CN.COS(=O)(=O)OC. The molecule has 0 amide bonds. The van der Waals surface area contributed by atoms with Crippen molar-refractivity contribution in [2.45, 2.75) is 89.8 Å². The van der Waals surface area contributed by atoms with Gasteiger partial charge in [-0.2, -0.15) is 8.42 Å². The molecule has 0 radical (unpaired) electrons. The maximum Gasteiger partial charge on any atom is 0.399 e. The Labute approximate surface area is 172 Å². The van der Waals surface area contributed by atoms with Crippen LogP contribution in [-0.2, 0) is 23.5 Å². The Morgan fingerprint density at radius 2 is 1.36 bits per heavy atom. The van der Waals surface area contributed by atoms with Gasteiger partial charge in [0.1, 0.15) is 0 Å². The highest BCUT2D eigenvalue weighted by atomic mass is 32.3. The smallest absolute Gasteiger partial charge is 0.396 e. The van der Waals surface area contributed by atoms with E-state index in [1.165, 1.54) is 57.8 Å². The number of ether oxygens (including phenoxy) is 1. The molecule has 0 aromatic rings. The third kappa shape index (κ3) is 20.4. The molecule has 8 nitrogen and oxygen atoms in total. The van der Waals surface area contributed by atoms with Gasteiger partial charge in [-0.15, -0.1) is 0 Å². The molecule has 0 fully saturated rings. The summed E-state index contributed by atoms with van der Waals surface area (Å²) in [5, 5.41) is 18.6. The zero-order chi connectivity index (χ0) is 21.7. The van der Waals surface area contributed by atoms with Gasteiger partial charge in [-0.05, 0) is 12.8 Å². The lowest BCUT2D eigenvalue weighted by atomic mass is 10.1. The highest BCUT2D eigenvalue weighted by Crippen LogP contribution is 2.11. The van der Waals surface area contributed by atoms with Crippen LogP contribution in [0.25, 0.3) is 0 Å². The van der Waals surface area contributed by atoms with Crippen LogP contribution in [-0.4, -0.2) is 64.8 Å². The van der Waals surface area contributed by atoms with E-state index in [1.54, 1.807) is 0 Å². The lowest BCUT2D eigenvalue weighted by molar-refractivity contribution is -0.0449. The number of aliphatic hydroxyl groups is 2. The van der Waals surface area contributed by atoms with Crippen LogP contribution in [0.2, 0.25) is 0 Å². The molecule has 0 aliphatic heterocycles. The molecule has 0 rings (SSSR count). The lowest BCUT2D eigenvalue weighted by Gasteiger charge is -2.21. The van der Waals surface area contributed by atoms with Crippen LogP contribution in [0.3, 0.4) is 0 Å². The van der Waals surface area contributed by atoms with Crippen molar-refractivity contribution in [1.82, 2.24) is 0 Å². The minimum absolute atomic E-state index is 0.0275. The van der Waals surface area contributed by atoms with Crippen molar-refractivity contribution >= 4 is 10.4 Å². The summed E-state index contributed by atoms with van der Waals surface area (Å²) in [6.07, 6.45) is 12.4.